The lowest BCUT2D eigenvalue weighted by atomic mass is 10.0. The number of nitrogens with one attached hydrogen (secondary N) is 1. The number of methoxy groups -OCH3 is 1. The number of carbonyl (C=O) groups excluding carboxylic acids is 1. The van der Waals surface area contributed by atoms with Crippen molar-refractivity contribution in [2.45, 2.75) is 6.54 Å². The summed E-state index contributed by atoms with van der Waals surface area (Å²) in [4.78, 5) is 25.1. The van der Waals surface area contributed by atoms with Crippen LogP contribution < -0.4 is 15.6 Å². The zero-order valence-corrected chi connectivity index (χ0v) is 17.0. The van der Waals surface area contributed by atoms with Crippen LogP contribution in [-0.4, -0.2) is 22.8 Å². The molecule has 0 bridgehead atoms. The first-order valence-electron chi connectivity index (χ1n) is 9.81. The molecule has 0 aliphatic carbocycles. The molecule has 6 heteroatoms. The van der Waals surface area contributed by atoms with E-state index >= 15 is 0 Å². The zero-order chi connectivity index (χ0) is 21.6. The SMILES string of the molecule is COc1ccccc1-c1ccc(=O)n(CC(=O)Nc2ccccc2-c2ccccc2)n1. The molecule has 1 heterocycles. The van der Waals surface area contributed by atoms with Crippen LogP contribution in [-0.2, 0) is 11.3 Å². The average molecular weight is 411 g/mol. The Labute approximate surface area is 179 Å². The molecule has 1 amide bonds. The largest absolute Gasteiger partial charge is 0.496 e. The van der Waals surface area contributed by atoms with E-state index in [-0.39, 0.29) is 18.0 Å². The average Bonchev–Trinajstić information content (AvgIpc) is 2.81. The van der Waals surface area contributed by atoms with Crippen molar-refractivity contribution in [3.8, 4) is 28.1 Å². The number of ether oxygens (including phenoxy) is 1. The van der Waals surface area contributed by atoms with Crippen molar-refractivity contribution in [1.29, 1.82) is 0 Å². The van der Waals surface area contributed by atoms with Crippen LogP contribution in [0.3, 0.4) is 0 Å². The van der Waals surface area contributed by atoms with E-state index in [2.05, 4.69) is 10.4 Å². The quantitative estimate of drug-likeness (QED) is 0.515. The Morgan fingerprint density at radius 1 is 0.871 bits per heavy atom. The first-order chi connectivity index (χ1) is 15.2. The summed E-state index contributed by atoms with van der Waals surface area (Å²) in [5.41, 5.74) is 3.51. The standard InChI is InChI=1S/C25H21N3O3/c1-31-23-14-8-6-12-20(23)22-15-16-25(30)28(27-22)17-24(29)26-21-13-7-5-11-19(21)18-9-3-2-4-10-18/h2-16H,17H2,1H3,(H,26,29). The van der Waals surface area contributed by atoms with Crippen LogP contribution in [0.4, 0.5) is 5.69 Å². The third kappa shape index (κ3) is 4.53. The number of carbonyl (C=O) groups is 1. The molecule has 0 fully saturated rings. The molecule has 0 aliphatic heterocycles. The van der Waals surface area contributed by atoms with E-state index in [4.69, 9.17) is 4.74 Å². The van der Waals surface area contributed by atoms with E-state index in [1.165, 1.54) is 6.07 Å². The Morgan fingerprint density at radius 3 is 2.32 bits per heavy atom. The van der Waals surface area contributed by atoms with Gasteiger partial charge < -0.3 is 10.1 Å². The fourth-order valence-electron chi connectivity index (χ4n) is 3.35. The number of anilines is 1. The van der Waals surface area contributed by atoms with E-state index in [1.807, 2.05) is 78.9 Å². The Balaban J connectivity index is 1.59. The molecule has 4 rings (SSSR count). The number of benzene rings is 3. The van der Waals surface area contributed by atoms with Crippen LogP contribution in [0.5, 0.6) is 5.75 Å². The van der Waals surface area contributed by atoms with Gasteiger partial charge in [-0.25, -0.2) is 4.68 Å². The monoisotopic (exact) mass is 411 g/mol. The third-order valence-electron chi connectivity index (χ3n) is 4.83. The van der Waals surface area contributed by atoms with Crippen molar-refractivity contribution in [3.05, 3.63) is 101 Å². The minimum Gasteiger partial charge on any atom is -0.496 e. The number of para-hydroxylation sites is 2. The highest BCUT2D eigenvalue weighted by Crippen LogP contribution is 2.28. The van der Waals surface area contributed by atoms with E-state index in [0.717, 1.165) is 21.4 Å². The molecule has 6 nitrogen and oxygen atoms in total. The summed E-state index contributed by atoms with van der Waals surface area (Å²) in [5.74, 6) is 0.302. The van der Waals surface area contributed by atoms with Crippen LogP contribution in [0.15, 0.2) is 95.8 Å². The maximum atomic E-state index is 12.8. The molecular formula is C25H21N3O3. The van der Waals surface area contributed by atoms with Crippen molar-refractivity contribution in [2.75, 3.05) is 12.4 Å². The summed E-state index contributed by atoms with van der Waals surface area (Å²) < 4.78 is 6.53. The van der Waals surface area contributed by atoms with Crippen LogP contribution in [0.2, 0.25) is 0 Å². The first-order valence-corrected chi connectivity index (χ1v) is 9.81. The molecule has 31 heavy (non-hydrogen) atoms. The summed E-state index contributed by atoms with van der Waals surface area (Å²) in [6, 6.07) is 27.8. The van der Waals surface area contributed by atoms with Crippen LogP contribution >= 0.6 is 0 Å². The molecule has 0 saturated carbocycles. The smallest absolute Gasteiger partial charge is 0.267 e. The van der Waals surface area contributed by atoms with Gasteiger partial charge in [-0.3, -0.25) is 9.59 Å². The van der Waals surface area contributed by atoms with Crippen molar-refractivity contribution in [2.24, 2.45) is 0 Å². The first kappa shape index (κ1) is 20.1. The summed E-state index contributed by atoms with van der Waals surface area (Å²) in [6.45, 7) is -0.203. The second kappa shape index (κ2) is 9.09. The molecular weight excluding hydrogens is 390 g/mol. The maximum Gasteiger partial charge on any atom is 0.267 e. The zero-order valence-electron chi connectivity index (χ0n) is 17.0. The topological polar surface area (TPSA) is 73.2 Å². The minimum absolute atomic E-state index is 0.203. The Hall–Kier alpha value is -4.19. The number of nitrogens with zero attached hydrogens (tertiary/aromatic N) is 2. The van der Waals surface area contributed by atoms with Gasteiger partial charge in [0.25, 0.3) is 5.56 Å². The van der Waals surface area contributed by atoms with Gasteiger partial charge in [0.05, 0.1) is 12.8 Å². The van der Waals surface area contributed by atoms with Crippen LogP contribution in [0.1, 0.15) is 0 Å². The van der Waals surface area contributed by atoms with Gasteiger partial charge in [0.1, 0.15) is 12.3 Å². The van der Waals surface area contributed by atoms with E-state index < -0.39 is 0 Å². The highest BCUT2D eigenvalue weighted by atomic mass is 16.5. The number of hydrogen-bond acceptors (Lipinski definition) is 4. The highest BCUT2D eigenvalue weighted by Gasteiger charge is 2.12. The van der Waals surface area contributed by atoms with Crippen molar-refractivity contribution in [3.63, 3.8) is 0 Å². The van der Waals surface area contributed by atoms with Gasteiger partial charge in [-0.15, -0.1) is 0 Å². The lowest BCUT2D eigenvalue weighted by molar-refractivity contribution is -0.117. The number of hydrogen-bond donors (Lipinski definition) is 1. The predicted molar refractivity (Wildman–Crippen MR) is 121 cm³/mol. The number of rotatable bonds is 6. The number of amides is 1. The molecule has 0 spiro atoms. The normalized spacial score (nSPS) is 10.5. The second-order valence-electron chi connectivity index (χ2n) is 6.87. The third-order valence-corrected chi connectivity index (χ3v) is 4.83. The molecule has 0 atom stereocenters. The Bertz CT molecular complexity index is 1270. The minimum atomic E-state index is -0.356. The van der Waals surface area contributed by atoms with Gasteiger partial charge in [-0.2, -0.15) is 5.10 Å². The second-order valence-corrected chi connectivity index (χ2v) is 6.87. The molecule has 0 radical (unpaired) electrons. The predicted octanol–water partition coefficient (Wildman–Crippen LogP) is 4.22. The molecule has 3 aromatic carbocycles. The van der Waals surface area contributed by atoms with Gasteiger partial charge >= 0.3 is 0 Å². The van der Waals surface area contributed by atoms with Crippen LogP contribution in [0, 0.1) is 0 Å². The van der Waals surface area contributed by atoms with Gasteiger partial charge in [0.15, 0.2) is 0 Å². The van der Waals surface area contributed by atoms with Crippen molar-refractivity contribution in [1.82, 2.24) is 9.78 Å². The lowest BCUT2D eigenvalue weighted by Gasteiger charge is -2.13. The van der Waals surface area contributed by atoms with Crippen molar-refractivity contribution < 1.29 is 9.53 Å². The molecule has 4 aromatic rings. The Kier molecular flexibility index (Phi) is 5.89. The van der Waals surface area contributed by atoms with Crippen molar-refractivity contribution >= 4 is 11.6 Å². The van der Waals surface area contributed by atoms with Gasteiger partial charge in [-0.1, -0.05) is 60.7 Å². The fourth-order valence-corrected chi connectivity index (χ4v) is 3.35. The lowest BCUT2D eigenvalue weighted by Crippen LogP contribution is -2.29. The summed E-state index contributed by atoms with van der Waals surface area (Å²) in [5, 5.41) is 7.28. The van der Waals surface area contributed by atoms with Gasteiger partial charge in [0, 0.05) is 22.9 Å². The van der Waals surface area contributed by atoms with Gasteiger partial charge in [-0.05, 0) is 29.8 Å². The van der Waals surface area contributed by atoms with E-state index in [9.17, 15) is 9.59 Å². The molecule has 0 unspecified atom stereocenters. The molecule has 1 N–H and O–H groups in total. The molecule has 1 aromatic heterocycles. The summed E-state index contributed by atoms with van der Waals surface area (Å²) >= 11 is 0. The summed E-state index contributed by atoms with van der Waals surface area (Å²) in [7, 11) is 1.58. The summed E-state index contributed by atoms with van der Waals surface area (Å²) in [6.07, 6.45) is 0. The maximum absolute atomic E-state index is 12.8. The molecule has 0 aliphatic rings. The highest BCUT2D eigenvalue weighted by molar-refractivity contribution is 5.95. The molecule has 154 valence electrons. The fraction of sp³-hybridized carbons (Fsp3) is 0.0800. The van der Waals surface area contributed by atoms with Gasteiger partial charge in [0.2, 0.25) is 5.91 Å². The number of aromatic nitrogens is 2. The molecule has 0 saturated heterocycles. The van der Waals surface area contributed by atoms with E-state index in [1.54, 1.807) is 13.2 Å². The van der Waals surface area contributed by atoms with E-state index in [0.29, 0.717) is 17.1 Å². The van der Waals surface area contributed by atoms with Crippen LogP contribution in [0.25, 0.3) is 22.4 Å². The Morgan fingerprint density at radius 2 is 1.55 bits per heavy atom.